The van der Waals surface area contributed by atoms with Crippen molar-refractivity contribution >= 4 is 9.84 Å². The molecule has 1 aliphatic heterocycles. The molecule has 0 unspecified atom stereocenters. The Morgan fingerprint density at radius 3 is 2.67 bits per heavy atom. The molecule has 0 aromatic heterocycles. The molecule has 12 heavy (non-hydrogen) atoms. The molecular formula is C8H12O3S. The highest BCUT2D eigenvalue weighted by molar-refractivity contribution is 7.95. The summed E-state index contributed by atoms with van der Waals surface area (Å²) in [7, 11) is -2.93. The number of hydrogen-bond acceptors (Lipinski definition) is 3. The summed E-state index contributed by atoms with van der Waals surface area (Å²) in [6, 6.07) is 0. The molecule has 68 valence electrons. The number of sulfone groups is 1. The Morgan fingerprint density at radius 1 is 1.17 bits per heavy atom. The fourth-order valence-electron chi connectivity index (χ4n) is 1.73. The first kappa shape index (κ1) is 8.10. The molecule has 0 bridgehead atoms. The quantitative estimate of drug-likeness (QED) is 0.574. The van der Waals surface area contributed by atoms with Crippen molar-refractivity contribution in [3.8, 4) is 0 Å². The fourth-order valence-corrected chi connectivity index (χ4v) is 3.24. The first-order valence-electron chi connectivity index (χ1n) is 4.28. The van der Waals surface area contributed by atoms with E-state index in [1.165, 1.54) is 0 Å². The zero-order valence-corrected chi connectivity index (χ0v) is 7.69. The van der Waals surface area contributed by atoms with E-state index in [0.29, 0.717) is 17.9 Å². The molecule has 0 saturated carbocycles. The van der Waals surface area contributed by atoms with Crippen LogP contribution in [-0.4, -0.2) is 20.8 Å². The lowest BCUT2D eigenvalue weighted by Gasteiger charge is -2.24. The highest BCUT2D eigenvalue weighted by Crippen LogP contribution is 2.32. The normalized spacial score (nSPS) is 27.7. The second kappa shape index (κ2) is 2.76. The Kier molecular flexibility index (Phi) is 1.87. The molecule has 2 rings (SSSR count). The molecule has 1 heterocycles. The molecule has 3 nitrogen and oxygen atoms in total. The third-order valence-electron chi connectivity index (χ3n) is 2.37. The Morgan fingerprint density at radius 2 is 1.92 bits per heavy atom. The molecule has 0 fully saturated rings. The predicted molar refractivity (Wildman–Crippen MR) is 45.2 cm³/mol. The molecule has 4 heteroatoms. The lowest BCUT2D eigenvalue weighted by atomic mass is 10.1. The van der Waals surface area contributed by atoms with E-state index in [9.17, 15) is 8.42 Å². The van der Waals surface area contributed by atoms with Crippen LogP contribution < -0.4 is 0 Å². The SMILES string of the molecule is O=S1(=O)CCOC2=C1CCCC2. The number of hydrogen-bond donors (Lipinski definition) is 0. The first-order valence-corrected chi connectivity index (χ1v) is 5.93. The number of allylic oxidation sites excluding steroid dienone is 2. The molecule has 1 aliphatic carbocycles. The second-order valence-electron chi connectivity index (χ2n) is 3.22. The van der Waals surface area contributed by atoms with Gasteiger partial charge in [-0.1, -0.05) is 0 Å². The lowest BCUT2D eigenvalue weighted by Crippen LogP contribution is -2.23. The molecule has 0 atom stereocenters. The maximum atomic E-state index is 11.5. The minimum Gasteiger partial charge on any atom is -0.496 e. The van der Waals surface area contributed by atoms with Crippen LogP contribution in [0.15, 0.2) is 10.7 Å². The highest BCUT2D eigenvalue weighted by atomic mass is 32.2. The minimum atomic E-state index is -2.93. The Balaban J connectivity index is 2.44. The molecule has 0 amide bonds. The lowest BCUT2D eigenvalue weighted by molar-refractivity contribution is 0.204. The Hall–Kier alpha value is -0.510. The van der Waals surface area contributed by atoms with Crippen molar-refractivity contribution < 1.29 is 13.2 Å². The summed E-state index contributed by atoms with van der Waals surface area (Å²) < 4.78 is 28.3. The van der Waals surface area contributed by atoms with Crippen LogP contribution in [0, 0.1) is 0 Å². The van der Waals surface area contributed by atoms with Gasteiger partial charge in [0, 0.05) is 6.42 Å². The molecule has 0 saturated heterocycles. The summed E-state index contributed by atoms with van der Waals surface area (Å²) in [5.74, 6) is 0.916. The predicted octanol–water partition coefficient (Wildman–Crippen LogP) is 1.22. The van der Waals surface area contributed by atoms with E-state index in [-0.39, 0.29) is 5.75 Å². The van der Waals surface area contributed by atoms with Crippen molar-refractivity contribution in [1.29, 1.82) is 0 Å². The van der Waals surface area contributed by atoms with Crippen LogP contribution in [0.5, 0.6) is 0 Å². The van der Waals surface area contributed by atoms with E-state index in [4.69, 9.17) is 4.74 Å². The van der Waals surface area contributed by atoms with Gasteiger partial charge in [-0.05, 0) is 19.3 Å². The largest absolute Gasteiger partial charge is 0.496 e. The smallest absolute Gasteiger partial charge is 0.181 e. The van der Waals surface area contributed by atoms with Crippen LogP contribution in [0.4, 0.5) is 0 Å². The third-order valence-corrected chi connectivity index (χ3v) is 4.26. The maximum absolute atomic E-state index is 11.5. The van der Waals surface area contributed by atoms with Crippen LogP contribution in [0.2, 0.25) is 0 Å². The molecule has 0 spiro atoms. The minimum absolute atomic E-state index is 0.172. The third kappa shape index (κ3) is 1.24. The molecule has 0 aromatic rings. The van der Waals surface area contributed by atoms with Gasteiger partial charge in [0.25, 0.3) is 0 Å². The van der Waals surface area contributed by atoms with E-state index >= 15 is 0 Å². The maximum Gasteiger partial charge on any atom is 0.181 e. The topological polar surface area (TPSA) is 43.4 Å². The van der Waals surface area contributed by atoms with Gasteiger partial charge < -0.3 is 4.74 Å². The molecule has 0 N–H and O–H groups in total. The summed E-state index contributed by atoms with van der Waals surface area (Å²) in [5.41, 5.74) is 0. The van der Waals surface area contributed by atoms with E-state index in [2.05, 4.69) is 0 Å². The molecule has 2 aliphatic rings. The van der Waals surface area contributed by atoms with Crippen LogP contribution in [-0.2, 0) is 14.6 Å². The van der Waals surface area contributed by atoms with E-state index in [1.807, 2.05) is 0 Å². The van der Waals surface area contributed by atoms with Crippen molar-refractivity contribution in [3.63, 3.8) is 0 Å². The van der Waals surface area contributed by atoms with Crippen LogP contribution in [0.3, 0.4) is 0 Å². The van der Waals surface area contributed by atoms with Gasteiger partial charge in [-0.2, -0.15) is 0 Å². The van der Waals surface area contributed by atoms with Crippen LogP contribution in [0.25, 0.3) is 0 Å². The van der Waals surface area contributed by atoms with Crippen LogP contribution in [0.1, 0.15) is 25.7 Å². The fraction of sp³-hybridized carbons (Fsp3) is 0.750. The molecular weight excluding hydrogens is 176 g/mol. The van der Waals surface area contributed by atoms with Crippen molar-refractivity contribution in [2.75, 3.05) is 12.4 Å². The highest BCUT2D eigenvalue weighted by Gasteiger charge is 2.29. The van der Waals surface area contributed by atoms with Crippen molar-refractivity contribution in [2.45, 2.75) is 25.7 Å². The molecule has 0 aromatic carbocycles. The standard InChI is InChI=1S/C8H12O3S/c9-12(10)6-5-11-7-3-1-2-4-8(7)12/h1-6H2. The number of rotatable bonds is 0. The first-order chi connectivity index (χ1) is 5.70. The average molecular weight is 188 g/mol. The van der Waals surface area contributed by atoms with Gasteiger partial charge in [-0.15, -0.1) is 0 Å². The summed E-state index contributed by atoms with van der Waals surface area (Å²) in [6.45, 7) is 0.348. The summed E-state index contributed by atoms with van der Waals surface area (Å²) in [4.78, 5) is 0.583. The summed E-state index contributed by atoms with van der Waals surface area (Å²) >= 11 is 0. The van der Waals surface area contributed by atoms with Gasteiger partial charge in [-0.25, -0.2) is 8.42 Å². The van der Waals surface area contributed by atoms with Crippen molar-refractivity contribution in [2.24, 2.45) is 0 Å². The van der Waals surface area contributed by atoms with Gasteiger partial charge in [0.2, 0.25) is 0 Å². The van der Waals surface area contributed by atoms with Crippen LogP contribution >= 0.6 is 0 Å². The average Bonchev–Trinajstić information content (AvgIpc) is 2.04. The van der Waals surface area contributed by atoms with Gasteiger partial charge in [0.05, 0.1) is 10.7 Å². The van der Waals surface area contributed by atoms with E-state index < -0.39 is 9.84 Å². The van der Waals surface area contributed by atoms with Crippen molar-refractivity contribution in [1.82, 2.24) is 0 Å². The summed E-state index contributed by atoms with van der Waals surface area (Å²) in [5, 5.41) is 0. The second-order valence-corrected chi connectivity index (χ2v) is 5.35. The Bertz CT molecular complexity index is 309. The zero-order valence-electron chi connectivity index (χ0n) is 6.88. The zero-order chi connectivity index (χ0) is 8.60. The number of ether oxygens (including phenoxy) is 1. The van der Waals surface area contributed by atoms with Gasteiger partial charge >= 0.3 is 0 Å². The van der Waals surface area contributed by atoms with Gasteiger partial charge in [-0.3, -0.25) is 0 Å². The monoisotopic (exact) mass is 188 g/mol. The Labute approximate surface area is 72.3 Å². The van der Waals surface area contributed by atoms with Gasteiger partial charge in [0.1, 0.15) is 12.4 Å². The van der Waals surface area contributed by atoms with E-state index in [1.54, 1.807) is 0 Å². The molecule has 0 radical (unpaired) electrons. The van der Waals surface area contributed by atoms with Crippen molar-refractivity contribution in [3.05, 3.63) is 10.7 Å². The summed E-state index contributed by atoms with van der Waals surface area (Å²) in [6.07, 6.45) is 3.56. The van der Waals surface area contributed by atoms with Gasteiger partial charge in [0.15, 0.2) is 9.84 Å². The van der Waals surface area contributed by atoms with E-state index in [0.717, 1.165) is 25.0 Å².